The van der Waals surface area contributed by atoms with Gasteiger partial charge in [0.15, 0.2) is 11.5 Å². The molecule has 8 nitrogen and oxygen atoms in total. The molecule has 0 bridgehead atoms. The van der Waals surface area contributed by atoms with E-state index in [0.29, 0.717) is 43.2 Å². The van der Waals surface area contributed by atoms with Crippen molar-refractivity contribution in [3.8, 4) is 17.2 Å². The number of hydrogen-bond acceptors (Lipinski definition) is 6. The number of amides is 1. The number of methoxy groups -OCH3 is 2. The Morgan fingerprint density at radius 2 is 1.57 bits per heavy atom. The molecule has 1 aromatic heterocycles. The van der Waals surface area contributed by atoms with Gasteiger partial charge in [-0.2, -0.15) is 0 Å². The Morgan fingerprint density at radius 1 is 1.00 bits per heavy atom. The fourth-order valence-corrected chi connectivity index (χ4v) is 3.11. The van der Waals surface area contributed by atoms with Gasteiger partial charge in [0.25, 0.3) is 5.91 Å². The number of benzene rings is 1. The molecule has 0 unspecified atom stereocenters. The SMILES string of the molecule is COc1cccc(OC)c1OC1CCN(C(=O)c2cccc(C(=O)O)n2)CC1. The molecule has 0 saturated carbocycles. The van der Waals surface area contributed by atoms with E-state index in [1.165, 1.54) is 18.2 Å². The van der Waals surface area contributed by atoms with Crippen molar-refractivity contribution >= 4 is 11.9 Å². The molecule has 0 radical (unpaired) electrons. The number of carboxylic acids is 1. The van der Waals surface area contributed by atoms with Gasteiger partial charge in [-0.1, -0.05) is 12.1 Å². The Balaban J connectivity index is 1.64. The van der Waals surface area contributed by atoms with Gasteiger partial charge in [0.2, 0.25) is 5.75 Å². The van der Waals surface area contributed by atoms with Crippen molar-refractivity contribution in [3.63, 3.8) is 0 Å². The molecule has 2 heterocycles. The largest absolute Gasteiger partial charge is 0.493 e. The average molecular weight is 386 g/mol. The number of likely N-dealkylation sites (tertiary alicyclic amines) is 1. The summed E-state index contributed by atoms with van der Waals surface area (Å²) < 4.78 is 16.8. The smallest absolute Gasteiger partial charge is 0.354 e. The highest BCUT2D eigenvalue weighted by molar-refractivity contribution is 5.94. The number of aromatic nitrogens is 1. The van der Waals surface area contributed by atoms with Gasteiger partial charge in [-0.25, -0.2) is 9.78 Å². The minimum absolute atomic E-state index is 0.0902. The zero-order valence-electron chi connectivity index (χ0n) is 15.8. The number of piperidine rings is 1. The van der Waals surface area contributed by atoms with Crippen LogP contribution in [0.15, 0.2) is 36.4 Å². The number of carbonyl (C=O) groups is 2. The maximum Gasteiger partial charge on any atom is 0.354 e. The third-order valence-corrected chi connectivity index (χ3v) is 4.58. The van der Waals surface area contributed by atoms with E-state index in [9.17, 15) is 9.59 Å². The number of nitrogens with zero attached hydrogens (tertiary/aromatic N) is 2. The Hall–Kier alpha value is -3.29. The summed E-state index contributed by atoms with van der Waals surface area (Å²) in [5.41, 5.74) is -0.0157. The minimum atomic E-state index is -1.16. The molecule has 1 aliphatic heterocycles. The standard InChI is InChI=1S/C20H22N2O6/c1-26-16-7-4-8-17(27-2)18(16)28-13-9-11-22(12-10-13)19(23)14-5-3-6-15(21-14)20(24)25/h3-8,13H,9-12H2,1-2H3,(H,24,25). The normalized spacial score (nSPS) is 14.4. The van der Waals surface area contributed by atoms with Crippen molar-refractivity contribution < 1.29 is 28.9 Å². The van der Waals surface area contributed by atoms with Crippen molar-refractivity contribution in [2.24, 2.45) is 0 Å². The average Bonchev–Trinajstić information content (AvgIpc) is 2.74. The molecular formula is C20H22N2O6. The number of para-hydroxylation sites is 1. The summed E-state index contributed by atoms with van der Waals surface area (Å²) in [5.74, 6) is 0.289. The second kappa shape index (κ2) is 8.60. The number of ether oxygens (including phenoxy) is 3. The second-order valence-corrected chi connectivity index (χ2v) is 6.31. The van der Waals surface area contributed by atoms with Crippen LogP contribution < -0.4 is 14.2 Å². The highest BCUT2D eigenvalue weighted by Gasteiger charge is 2.27. The highest BCUT2D eigenvalue weighted by Crippen LogP contribution is 2.38. The van der Waals surface area contributed by atoms with Crippen molar-refractivity contribution in [3.05, 3.63) is 47.8 Å². The summed E-state index contributed by atoms with van der Waals surface area (Å²) in [6.45, 7) is 0.972. The molecule has 28 heavy (non-hydrogen) atoms. The molecule has 1 fully saturated rings. The van der Waals surface area contributed by atoms with E-state index in [1.807, 2.05) is 6.07 Å². The summed E-state index contributed by atoms with van der Waals surface area (Å²) in [6, 6.07) is 9.84. The van der Waals surface area contributed by atoms with E-state index < -0.39 is 5.97 Å². The zero-order chi connectivity index (χ0) is 20.1. The van der Waals surface area contributed by atoms with E-state index in [0.717, 1.165) is 0 Å². The number of aromatic carboxylic acids is 1. The van der Waals surface area contributed by atoms with Gasteiger partial charge in [-0.3, -0.25) is 4.79 Å². The summed E-state index contributed by atoms with van der Waals surface area (Å²) in [7, 11) is 3.14. The lowest BCUT2D eigenvalue weighted by atomic mass is 10.1. The molecule has 0 aliphatic carbocycles. The molecular weight excluding hydrogens is 364 g/mol. The monoisotopic (exact) mass is 386 g/mol. The van der Waals surface area contributed by atoms with Crippen molar-refractivity contribution in [2.45, 2.75) is 18.9 Å². The molecule has 1 N–H and O–H groups in total. The molecule has 3 rings (SSSR count). The van der Waals surface area contributed by atoms with Gasteiger partial charge in [-0.15, -0.1) is 0 Å². The molecule has 148 valence electrons. The van der Waals surface area contributed by atoms with Gasteiger partial charge >= 0.3 is 5.97 Å². The molecule has 8 heteroatoms. The van der Waals surface area contributed by atoms with E-state index in [2.05, 4.69) is 4.98 Å². The van der Waals surface area contributed by atoms with Gasteiger partial charge in [0.05, 0.1) is 14.2 Å². The molecule has 0 spiro atoms. The van der Waals surface area contributed by atoms with Crippen LogP contribution in [0.5, 0.6) is 17.2 Å². The Kier molecular flexibility index (Phi) is 5.98. The zero-order valence-corrected chi connectivity index (χ0v) is 15.8. The van der Waals surface area contributed by atoms with Crippen LogP contribution in [0.4, 0.5) is 0 Å². The van der Waals surface area contributed by atoms with Gasteiger partial charge in [-0.05, 0) is 24.3 Å². The fourth-order valence-electron chi connectivity index (χ4n) is 3.11. The first kappa shape index (κ1) is 19.5. The quantitative estimate of drug-likeness (QED) is 0.814. The Morgan fingerprint density at radius 3 is 2.14 bits per heavy atom. The first-order chi connectivity index (χ1) is 13.5. The topological polar surface area (TPSA) is 98.2 Å². The maximum absolute atomic E-state index is 12.6. The van der Waals surface area contributed by atoms with E-state index in [1.54, 1.807) is 31.3 Å². The van der Waals surface area contributed by atoms with Crippen LogP contribution in [0.3, 0.4) is 0 Å². The van der Waals surface area contributed by atoms with Crippen molar-refractivity contribution in [2.75, 3.05) is 27.3 Å². The Bertz CT molecular complexity index is 839. The van der Waals surface area contributed by atoms with Gasteiger partial charge < -0.3 is 24.2 Å². The second-order valence-electron chi connectivity index (χ2n) is 6.31. The van der Waals surface area contributed by atoms with Gasteiger partial charge in [0, 0.05) is 25.9 Å². The van der Waals surface area contributed by atoms with E-state index >= 15 is 0 Å². The molecule has 1 saturated heterocycles. The van der Waals surface area contributed by atoms with Gasteiger partial charge in [0.1, 0.15) is 17.5 Å². The molecule has 0 atom stereocenters. The van der Waals surface area contributed by atoms with Crippen LogP contribution in [0.2, 0.25) is 0 Å². The summed E-state index contributed by atoms with van der Waals surface area (Å²) >= 11 is 0. The van der Waals surface area contributed by atoms with Crippen LogP contribution in [0, 0.1) is 0 Å². The summed E-state index contributed by atoms with van der Waals surface area (Å²) in [6.07, 6.45) is 1.17. The van der Waals surface area contributed by atoms with Crippen LogP contribution >= 0.6 is 0 Å². The lowest BCUT2D eigenvalue weighted by molar-refractivity contribution is 0.0579. The van der Waals surface area contributed by atoms with Crippen molar-refractivity contribution in [1.82, 2.24) is 9.88 Å². The lowest BCUT2D eigenvalue weighted by Crippen LogP contribution is -2.42. The van der Waals surface area contributed by atoms with Crippen LogP contribution in [0.25, 0.3) is 0 Å². The van der Waals surface area contributed by atoms with Crippen LogP contribution in [0.1, 0.15) is 33.8 Å². The number of hydrogen-bond donors (Lipinski definition) is 1. The summed E-state index contributed by atoms with van der Waals surface area (Å²) in [5, 5.41) is 9.04. The predicted molar refractivity (Wildman–Crippen MR) is 100 cm³/mol. The minimum Gasteiger partial charge on any atom is -0.493 e. The maximum atomic E-state index is 12.6. The Labute approximate surface area is 162 Å². The number of pyridine rings is 1. The van der Waals surface area contributed by atoms with Crippen molar-refractivity contribution in [1.29, 1.82) is 0 Å². The third-order valence-electron chi connectivity index (χ3n) is 4.58. The number of rotatable bonds is 6. The molecule has 1 aromatic carbocycles. The highest BCUT2D eigenvalue weighted by atomic mass is 16.5. The van der Waals surface area contributed by atoms with E-state index in [-0.39, 0.29) is 23.4 Å². The fraction of sp³-hybridized carbons (Fsp3) is 0.350. The van der Waals surface area contributed by atoms with E-state index in [4.69, 9.17) is 19.3 Å². The van der Waals surface area contributed by atoms with Crippen LogP contribution in [-0.2, 0) is 0 Å². The number of carbonyl (C=O) groups excluding carboxylic acids is 1. The number of carboxylic acid groups (broad SMARTS) is 1. The first-order valence-electron chi connectivity index (χ1n) is 8.90. The van der Waals surface area contributed by atoms with Crippen LogP contribution in [-0.4, -0.2) is 60.3 Å². The predicted octanol–water partition coefficient (Wildman–Crippen LogP) is 2.48. The lowest BCUT2D eigenvalue weighted by Gasteiger charge is -2.32. The third kappa shape index (κ3) is 4.16. The molecule has 1 aliphatic rings. The first-order valence-corrected chi connectivity index (χ1v) is 8.90. The molecule has 1 amide bonds. The molecule has 2 aromatic rings. The summed E-state index contributed by atoms with van der Waals surface area (Å²) in [4.78, 5) is 29.3.